The van der Waals surface area contributed by atoms with Crippen molar-refractivity contribution >= 4 is 12.0 Å². The third-order valence-electron chi connectivity index (χ3n) is 6.80. The maximum Gasteiger partial charge on any atom is 0.338 e. The molecule has 0 aliphatic heterocycles. The van der Waals surface area contributed by atoms with Gasteiger partial charge in [-0.15, -0.1) is 0 Å². The van der Waals surface area contributed by atoms with Gasteiger partial charge in [0.05, 0.1) is 5.56 Å². The topological polar surface area (TPSA) is 26.3 Å². The zero-order valence-corrected chi connectivity index (χ0v) is 14.7. The Hall–Kier alpha value is -1.57. The molecule has 2 heteroatoms. The fourth-order valence-electron chi connectivity index (χ4n) is 6.02. The van der Waals surface area contributed by atoms with E-state index in [2.05, 4.69) is 13.5 Å². The molecule has 2 nitrogen and oxygen atoms in total. The number of rotatable bonds is 5. The van der Waals surface area contributed by atoms with Crippen LogP contribution in [0.15, 0.2) is 30.8 Å². The first-order valence-corrected chi connectivity index (χ1v) is 9.60. The minimum Gasteiger partial charge on any atom is -0.455 e. The van der Waals surface area contributed by atoms with Crippen LogP contribution in [0.25, 0.3) is 6.08 Å². The summed E-state index contributed by atoms with van der Waals surface area (Å²) in [6.07, 6.45) is 10.4. The molecule has 0 saturated heterocycles. The third kappa shape index (κ3) is 2.51. The van der Waals surface area contributed by atoms with Crippen molar-refractivity contribution in [2.45, 2.75) is 57.5 Å². The summed E-state index contributed by atoms with van der Waals surface area (Å²) < 4.78 is 6.37. The highest BCUT2D eigenvalue weighted by molar-refractivity contribution is 5.90. The van der Waals surface area contributed by atoms with E-state index in [4.69, 9.17) is 4.74 Å². The monoisotopic (exact) mass is 324 g/mol. The lowest BCUT2D eigenvalue weighted by Crippen LogP contribution is -2.59. The van der Waals surface area contributed by atoms with E-state index in [1.807, 2.05) is 24.3 Å². The molecule has 0 radical (unpaired) electrons. The molecule has 0 spiro atoms. The van der Waals surface area contributed by atoms with Gasteiger partial charge in [0.15, 0.2) is 0 Å². The van der Waals surface area contributed by atoms with Crippen molar-refractivity contribution in [1.29, 1.82) is 0 Å². The zero-order chi connectivity index (χ0) is 16.7. The fraction of sp³-hybridized carbons (Fsp3) is 0.591. The molecule has 4 saturated carbocycles. The zero-order valence-electron chi connectivity index (χ0n) is 14.7. The summed E-state index contributed by atoms with van der Waals surface area (Å²) >= 11 is 0. The van der Waals surface area contributed by atoms with E-state index < -0.39 is 0 Å². The van der Waals surface area contributed by atoms with Crippen LogP contribution in [-0.2, 0) is 4.74 Å². The average molecular weight is 324 g/mol. The Morgan fingerprint density at radius 2 is 1.88 bits per heavy atom. The second-order valence-corrected chi connectivity index (χ2v) is 8.23. The lowest BCUT2D eigenvalue weighted by molar-refractivity contribution is -0.179. The molecule has 1 aromatic carbocycles. The highest BCUT2D eigenvalue weighted by Crippen LogP contribution is 2.61. The van der Waals surface area contributed by atoms with E-state index >= 15 is 0 Å². The van der Waals surface area contributed by atoms with Crippen molar-refractivity contribution in [1.82, 2.24) is 0 Å². The van der Waals surface area contributed by atoms with Crippen molar-refractivity contribution in [3.63, 3.8) is 0 Å². The summed E-state index contributed by atoms with van der Waals surface area (Å²) in [5.74, 6) is 2.81. The van der Waals surface area contributed by atoms with Crippen LogP contribution in [-0.4, -0.2) is 11.6 Å². The Labute approximate surface area is 145 Å². The second-order valence-electron chi connectivity index (χ2n) is 8.23. The molecule has 1 aromatic rings. The Morgan fingerprint density at radius 1 is 1.21 bits per heavy atom. The number of esters is 1. The molecule has 0 aromatic heterocycles. The van der Waals surface area contributed by atoms with Crippen molar-refractivity contribution in [3.8, 4) is 0 Å². The molecule has 4 aliphatic rings. The number of benzene rings is 1. The smallest absolute Gasteiger partial charge is 0.338 e. The van der Waals surface area contributed by atoms with E-state index in [1.165, 1.54) is 32.1 Å². The Morgan fingerprint density at radius 3 is 2.46 bits per heavy atom. The maximum absolute atomic E-state index is 12.9. The van der Waals surface area contributed by atoms with Gasteiger partial charge >= 0.3 is 5.97 Å². The number of hydrogen-bond acceptors (Lipinski definition) is 2. The van der Waals surface area contributed by atoms with E-state index in [0.29, 0.717) is 17.4 Å². The SMILES string of the molecule is C=Cc1cccc(C(=O)OC2(CCC)C3CC4CC(C3)CC2C4)c1. The van der Waals surface area contributed by atoms with Gasteiger partial charge in [-0.25, -0.2) is 4.79 Å². The molecular formula is C22H28O2. The largest absolute Gasteiger partial charge is 0.455 e. The van der Waals surface area contributed by atoms with Gasteiger partial charge in [0, 0.05) is 0 Å². The summed E-state index contributed by atoms with van der Waals surface area (Å²) in [6.45, 7) is 6.02. The van der Waals surface area contributed by atoms with Crippen LogP contribution in [0, 0.1) is 23.7 Å². The van der Waals surface area contributed by atoms with E-state index in [9.17, 15) is 4.79 Å². The molecule has 0 unspecified atom stereocenters. The molecule has 128 valence electrons. The summed E-state index contributed by atoms with van der Waals surface area (Å²) in [5, 5.41) is 0. The third-order valence-corrected chi connectivity index (χ3v) is 6.80. The van der Waals surface area contributed by atoms with Gasteiger partial charge < -0.3 is 4.74 Å². The predicted octanol–water partition coefficient (Wildman–Crippen LogP) is 5.48. The van der Waals surface area contributed by atoms with Gasteiger partial charge in [-0.3, -0.25) is 0 Å². The lowest BCUT2D eigenvalue weighted by Gasteiger charge is -2.60. The molecule has 4 fully saturated rings. The normalized spacial score (nSPS) is 36.5. The van der Waals surface area contributed by atoms with Crippen molar-refractivity contribution in [3.05, 3.63) is 42.0 Å². The number of hydrogen-bond donors (Lipinski definition) is 0. The predicted molar refractivity (Wildman–Crippen MR) is 96.6 cm³/mol. The highest BCUT2D eigenvalue weighted by atomic mass is 16.6. The molecule has 0 heterocycles. The Bertz CT molecular complexity index is 617. The van der Waals surface area contributed by atoms with Crippen molar-refractivity contribution < 1.29 is 9.53 Å². The first-order chi connectivity index (χ1) is 11.6. The van der Waals surface area contributed by atoms with Gasteiger partial charge in [-0.05, 0) is 79.9 Å². The van der Waals surface area contributed by atoms with Gasteiger partial charge in [0.2, 0.25) is 0 Å². The summed E-state index contributed by atoms with van der Waals surface area (Å²) in [6, 6.07) is 7.64. The van der Waals surface area contributed by atoms with Crippen LogP contribution >= 0.6 is 0 Å². The number of carbonyl (C=O) groups is 1. The van der Waals surface area contributed by atoms with Gasteiger partial charge in [0.1, 0.15) is 5.60 Å². The van der Waals surface area contributed by atoms with Crippen LogP contribution in [0.1, 0.15) is 67.8 Å². The summed E-state index contributed by atoms with van der Waals surface area (Å²) in [7, 11) is 0. The Kier molecular flexibility index (Phi) is 4.02. The molecule has 0 N–H and O–H groups in total. The molecule has 4 aliphatic carbocycles. The molecule has 4 bridgehead atoms. The van der Waals surface area contributed by atoms with Crippen LogP contribution in [0.5, 0.6) is 0 Å². The first-order valence-electron chi connectivity index (χ1n) is 9.60. The van der Waals surface area contributed by atoms with Crippen LogP contribution in [0.3, 0.4) is 0 Å². The highest BCUT2D eigenvalue weighted by Gasteiger charge is 2.58. The molecule has 0 atom stereocenters. The second kappa shape index (κ2) is 6.06. The van der Waals surface area contributed by atoms with Crippen molar-refractivity contribution in [2.75, 3.05) is 0 Å². The number of ether oxygens (including phenoxy) is 1. The van der Waals surface area contributed by atoms with Gasteiger partial charge in [-0.2, -0.15) is 0 Å². The van der Waals surface area contributed by atoms with E-state index in [0.717, 1.165) is 30.2 Å². The van der Waals surface area contributed by atoms with Gasteiger partial charge in [-0.1, -0.05) is 38.1 Å². The molecule has 0 amide bonds. The van der Waals surface area contributed by atoms with Crippen molar-refractivity contribution in [2.24, 2.45) is 23.7 Å². The lowest BCUT2D eigenvalue weighted by atomic mass is 9.49. The molecule has 5 rings (SSSR count). The minimum atomic E-state index is -0.205. The summed E-state index contributed by atoms with van der Waals surface area (Å²) in [5.41, 5.74) is 1.43. The maximum atomic E-state index is 12.9. The average Bonchev–Trinajstić information content (AvgIpc) is 2.59. The van der Waals surface area contributed by atoms with Gasteiger partial charge in [0.25, 0.3) is 0 Å². The van der Waals surface area contributed by atoms with E-state index in [1.54, 1.807) is 6.08 Å². The molecular weight excluding hydrogens is 296 g/mol. The first kappa shape index (κ1) is 15.9. The van der Waals surface area contributed by atoms with Crippen LogP contribution in [0.4, 0.5) is 0 Å². The van der Waals surface area contributed by atoms with E-state index in [-0.39, 0.29) is 11.6 Å². The Balaban J connectivity index is 1.61. The quantitative estimate of drug-likeness (QED) is 0.670. The van der Waals surface area contributed by atoms with Crippen LogP contribution < -0.4 is 0 Å². The standard InChI is InChI=1S/C22H28O2/c1-3-8-22(19-11-16-9-17(13-19)14-20(22)12-16)24-21(23)18-7-5-6-15(4-2)10-18/h4-7,10,16-17,19-20H,2-3,8-9,11-14H2,1H3. The fourth-order valence-corrected chi connectivity index (χ4v) is 6.02. The number of carbonyl (C=O) groups excluding carboxylic acids is 1. The molecule has 24 heavy (non-hydrogen) atoms. The van der Waals surface area contributed by atoms with Crippen LogP contribution in [0.2, 0.25) is 0 Å². The minimum absolute atomic E-state index is 0.139. The summed E-state index contributed by atoms with van der Waals surface area (Å²) in [4.78, 5) is 12.9.